The minimum absolute atomic E-state index is 0.152. The predicted molar refractivity (Wildman–Crippen MR) is 84.3 cm³/mol. The third kappa shape index (κ3) is 5.17. The summed E-state index contributed by atoms with van der Waals surface area (Å²) in [5, 5.41) is 6.04. The summed E-state index contributed by atoms with van der Waals surface area (Å²) >= 11 is 0. The molecular weight excluding hydrogens is 264 g/mol. The largest absolute Gasteiger partial charge is 0.369 e. The lowest BCUT2D eigenvalue weighted by molar-refractivity contribution is 0.0948. The van der Waals surface area contributed by atoms with Crippen LogP contribution in [0.15, 0.2) is 24.0 Å². The van der Waals surface area contributed by atoms with Crippen molar-refractivity contribution in [1.82, 2.24) is 15.3 Å². The van der Waals surface area contributed by atoms with Crippen LogP contribution in [0.5, 0.6) is 0 Å². The highest BCUT2D eigenvalue weighted by Crippen LogP contribution is 2.19. The maximum atomic E-state index is 12.0. The highest BCUT2D eigenvalue weighted by molar-refractivity contribution is 5.91. The van der Waals surface area contributed by atoms with Crippen LogP contribution in [0.3, 0.4) is 0 Å². The van der Waals surface area contributed by atoms with Crippen molar-refractivity contribution >= 4 is 11.7 Å². The van der Waals surface area contributed by atoms with E-state index in [9.17, 15) is 4.79 Å². The maximum Gasteiger partial charge on any atom is 0.271 e. The Morgan fingerprint density at radius 2 is 2.14 bits per heavy atom. The molecule has 1 aromatic heterocycles. The van der Waals surface area contributed by atoms with Gasteiger partial charge in [-0.15, -0.1) is 0 Å². The van der Waals surface area contributed by atoms with E-state index in [1.165, 1.54) is 37.5 Å². The predicted octanol–water partition coefficient (Wildman–Crippen LogP) is 2.92. The number of amides is 1. The normalized spacial score (nSPS) is 14.4. The number of anilines is 1. The fraction of sp³-hybridized carbons (Fsp3) is 0.562. The number of allylic oxidation sites excluding steroid dienone is 1. The monoisotopic (exact) mass is 288 g/mol. The number of carbonyl (C=O) groups is 1. The van der Waals surface area contributed by atoms with Crippen molar-refractivity contribution < 1.29 is 4.79 Å². The van der Waals surface area contributed by atoms with E-state index in [4.69, 9.17) is 0 Å². The summed E-state index contributed by atoms with van der Waals surface area (Å²) in [5.74, 6) is 0.557. The summed E-state index contributed by atoms with van der Waals surface area (Å²) < 4.78 is 0. The van der Waals surface area contributed by atoms with E-state index in [0.29, 0.717) is 18.1 Å². The second-order valence-electron chi connectivity index (χ2n) is 5.33. The van der Waals surface area contributed by atoms with Crippen LogP contribution in [0.2, 0.25) is 0 Å². The smallest absolute Gasteiger partial charge is 0.271 e. The number of carbonyl (C=O) groups excluding carboxylic acids is 1. The Kier molecular flexibility index (Phi) is 6.19. The third-order valence-electron chi connectivity index (χ3n) is 3.56. The van der Waals surface area contributed by atoms with Crippen LogP contribution in [0.1, 0.15) is 55.9 Å². The van der Waals surface area contributed by atoms with E-state index in [2.05, 4.69) is 33.6 Å². The molecule has 21 heavy (non-hydrogen) atoms. The zero-order chi connectivity index (χ0) is 14.9. The Bertz CT molecular complexity index is 482. The summed E-state index contributed by atoms with van der Waals surface area (Å²) in [5.41, 5.74) is 1.83. The van der Waals surface area contributed by atoms with Gasteiger partial charge in [0, 0.05) is 13.1 Å². The van der Waals surface area contributed by atoms with Gasteiger partial charge in [0.15, 0.2) is 0 Å². The molecule has 0 saturated heterocycles. The Morgan fingerprint density at radius 1 is 1.24 bits per heavy atom. The standard InChI is InChI=1S/C16H24N4O/c1-2-9-17-15-12-19-14(11-20-15)16(21)18-10-8-13-6-4-3-5-7-13/h6,11-12H,2-5,7-10H2,1H3,(H,17,20)(H,18,21). The molecule has 0 aliphatic heterocycles. The van der Waals surface area contributed by atoms with Crippen LogP contribution >= 0.6 is 0 Å². The van der Waals surface area contributed by atoms with E-state index in [1.807, 2.05) is 0 Å². The highest BCUT2D eigenvalue weighted by Gasteiger charge is 2.08. The first-order chi connectivity index (χ1) is 10.3. The zero-order valence-corrected chi connectivity index (χ0v) is 12.7. The highest BCUT2D eigenvalue weighted by atomic mass is 16.1. The molecule has 1 aliphatic carbocycles. The van der Waals surface area contributed by atoms with Gasteiger partial charge in [-0.3, -0.25) is 4.79 Å². The number of nitrogens with zero attached hydrogens (tertiary/aromatic N) is 2. The van der Waals surface area contributed by atoms with Crippen LogP contribution in [0, 0.1) is 0 Å². The number of rotatable bonds is 7. The van der Waals surface area contributed by atoms with Gasteiger partial charge >= 0.3 is 0 Å². The van der Waals surface area contributed by atoms with Gasteiger partial charge < -0.3 is 10.6 Å². The first-order valence-electron chi connectivity index (χ1n) is 7.81. The molecular formula is C16H24N4O. The van der Waals surface area contributed by atoms with Gasteiger partial charge in [-0.2, -0.15) is 0 Å². The molecule has 114 valence electrons. The van der Waals surface area contributed by atoms with Crippen LogP contribution in [-0.2, 0) is 0 Å². The molecule has 0 fully saturated rings. The van der Waals surface area contributed by atoms with Crippen molar-refractivity contribution in [2.24, 2.45) is 0 Å². The molecule has 0 radical (unpaired) electrons. The first-order valence-corrected chi connectivity index (χ1v) is 7.81. The molecule has 1 amide bonds. The average Bonchev–Trinajstić information content (AvgIpc) is 2.54. The van der Waals surface area contributed by atoms with E-state index in [1.54, 1.807) is 6.20 Å². The lowest BCUT2D eigenvalue weighted by Gasteiger charge is -2.12. The quantitative estimate of drug-likeness (QED) is 0.757. The van der Waals surface area contributed by atoms with Gasteiger partial charge in [0.1, 0.15) is 11.5 Å². The van der Waals surface area contributed by atoms with Crippen LogP contribution in [0.4, 0.5) is 5.82 Å². The number of hydrogen-bond donors (Lipinski definition) is 2. The fourth-order valence-electron chi connectivity index (χ4n) is 2.35. The maximum absolute atomic E-state index is 12.0. The molecule has 5 heteroatoms. The number of hydrogen-bond acceptors (Lipinski definition) is 4. The molecule has 0 saturated carbocycles. The Morgan fingerprint density at radius 3 is 2.81 bits per heavy atom. The fourth-order valence-corrected chi connectivity index (χ4v) is 2.35. The zero-order valence-electron chi connectivity index (χ0n) is 12.7. The van der Waals surface area contributed by atoms with Crippen molar-refractivity contribution in [3.8, 4) is 0 Å². The molecule has 2 N–H and O–H groups in total. The molecule has 1 heterocycles. The number of aromatic nitrogens is 2. The Labute approximate surface area is 126 Å². The topological polar surface area (TPSA) is 66.9 Å². The first kappa shape index (κ1) is 15.5. The van der Waals surface area contributed by atoms with E-state index >= 15 is 0 Å². The van der Waals surface area contributed by atoms with Crippen molar-refractivity contribution in [1.29, 1.82) is 0 Å². The lowest BCUT2D eigenvalue weighted by atomic mass is 9.97. The summed E-state index contributed by atoms with van der Waals surface area (Å²) in [6.07, 6.45) is 12.3. The Hall–Kier alpha value is -1.91. The minimum atomic E-state index is -0.152. The molecule has 1 aromatic rings. The second kappa shape index (κ2) is 8.39. The summed E-state index contributed by atoms with van der Waals surface area (Å²) in [6.45, 7) is 3.61. The van der Waals surface area contributed by atoms with Crippen molar-refractivity contribution in [3.05, 3.63) is 29.7 Å². The molecule has 0 bridgehead atoms. The summed E-state index contributed by atoms with van der Waals surface area (Å²) in [7, 11) is 0. The molecule has 2 rings (SSSR count). The van der Waals surface area contributed by atoms with Crippen molar-refractivity contribution in [2.45, 2.75) is 45.4 Å². The average molecular weight is 288 g/mol. The van der Waals surface area contributed by atoms with Gasteiger partial charge in [0.05, 0.1) is 12.4 Å². The van der Waals surface area contributed by atoms with E-state index in [0.717, 1.165) is 19.4 Å². The van der Waals surface area contributed by atoms with Crippen molar-refractivity contribution in [2.75, 3.05) is 18.4 Å². The summed E-state index contributed by atoms with van der Waals surface area (Å²) in [6, 6.07) is 0. The third-order valence-corrected chi connectivity index (χ3v) is 3.56. The van der Waals surface area contributed by atoms with Gasteiger partial charge in [-0.25, -0.2) is 9.97 Å². The lowest BCUT2D eigenvalue weighted by Crippen LogP contribution is -2.26. The van der Waals surface area contributed by atoms with E-state index in [-0.39, 0.29) is 5.91 Å². The summed E-state index contributed by atoms with van der Waals surface area (Å²) in [4.78, 5) is 20.3. The molecule has 0 atom stereocenters. The molecule has 0 spiro atoms. The van der Waals surface area contributed by atoms with Crippen LogP contribution in [-0.4, -0.2) is 29.0 Å². The van der Waals surface area contributed by atoms with Gasteiger partial charge in [0.2, 0.25) is 0 Å². The van der Waals surface area contributed by atoms with Gasteiger partial charge in [-0.1, -0.05) is 18.6 Å². The van der Waals surface area contributed by atoms with Crippen LogP contribution < -0.4 is 10.6 Å². The SMILES string of the molecule is CCCNc1cnc(C(=O)NCCC2=CCCCC2)cn1. The molecule has 0 aromatic carbocycles. The van der Waals surface area contributed by atoms with Crippen LogP contribution in [0.25, 0.3) is 0 Å². The second-order valence-corrected chi connectivity index (χ2v) is 5.33. The van der Waals surface area contributed by atoms with Gasteiger partial charge in [0.25, 0.3) is 5.91 Å². The Balaban J connectivity index is 1.76. The molecule has 5 nitrogen and oxygen atoms in total. The number of nitrogens with one attached hydrogen (secondary N) is 2. The van der Waals surface area contributed by atoms with Gasteiger partial charge in [-0.05, 0) is 38.5 Å². The molecule has 1 aliphatic rings. The molecule has 0 unspecified atom stereocenters. The minimum Gasteiger partial charge on any atom is -0.369 e. The van der Waals surface area contributed by atoms with Crippen molar-refractivity contribution in [3.63, 3.8) is 0 Å². The van der Waals surface area contributed by atoms with E-state index < -0.39 is 0 Å².